The number of hydrogen-bond acceptors (Lipinski definition) is 6. The second-order valence-corrected chi connectivity index (χ2v) is 6.84. The van der Waals surface area contributed by atoms with Gasteiger partial charge in [-0.3, -0.25) is 4.79 Å². The Kier molecular flexibility index (Phi) is 8.77. The molecule has 0 radical (unpaired) electrons. The number of carbonyl (C=O) groups excluding carboxylic acids is 1. The van der Waals surface area contributed by atoms with Crippen molar-refractivity contribution in [3.8, 4) is 23.0 Å². The van der Waals surface area contributed by atoms with E-state index in [9.17, 15) is 4.79 Å². The molecule has 0 saturated carbocycles. The minimum absolute atomic E-state index is 0. The third-order valence-electron chi connectivity index (χ3n) is 5.21. The zero-order chi connectivity index (χ0) is 20.8. The number of hydrogen-bond donors (Lipinski definition) is 1. The number of piperidine rings is 1. The molecule has 30 heavy (non-hydrogen) atoms. The van der Waals surface area contributed by atoms with E-state index in [1.54, 1.807) is 39.5 Å². The van der Waals surface area contributed by atoms with Crippen molar-refractivity contribution in [3.05, 3.63) is 47.5 Å². The van der Waals surface area contributed by atoms with E-state index in [1.165, 1.54) is 0 Å². The van der Waals surface area contributed by atoms with Crippen molar-refractivity contribution in [2.75, 3.05) is 34.4 Å². The molecule has 1 aliphatic rings. The number of nitrogens with zero attached hydrogens (tertiary/aromatic N) is 1. The third-order valence-corrected chi connectivity index (χ3v) is 5.21. The fraction of sp³-hybridized carbons (Fsp3) is 0.409. The molecule has 164 valence electrons. The molecule has 2 aromatic rings. The molecular formula is C22H29ClN2O5. The number of amides is 1. The maximum Gasteiger partial charge on any atom is 0.253 e. The molecule has 0 spiro atoms. The number of benzene rings is 2. The van der Waals surface area contributed by atoms with Gasteiger partial charge in [0.05, 0.1) is 25.9 Å². The lowest BCUT2D eigenvalue weighted by atomic mass is 10.1. The maximum atomic E-state index is 13.0. The Morgan fingerprint density at radius 2 is 1.67 bits per heavy atom. The second-order valence-electron chi connectivity index (χ2n) is 6.84. The van der Waals surface area contributed by atoms with Crippen LogP contribution >= 0.6 is 12.4 Å². The van der Waals surface area contributed by atoms with Gasteiger partial charge >= 0.3 is 0 Å². The molecule has 1 saturated heterocycles. The fourth-order valence-corrected chi connectivity index (χ4v) is 3.52. The summed E-state index contributed by atoms with van der Waals surface area (Å²) in [5.41, 5.74) is 7.18. The van der Waals surface area contributed by atoms with E-state index >= 15 is 0 Å². The molecule has 2 N–H and O–H groups in total. The molecule has 1 amide bonds. The topological polar surface area (TPSA) is 83.2 Å². The normalized spacial score (nSPS) is 14.1. The molecule has 7 nitrogen and oxygen atoms in total. The highest BCUT2D eigenvalue weighted by molar-refractivity contribution is 5.95. The van der Waals surface area contributed by atoms with Gasteiger partial charge in [-0.15, -0.1) is 12.4 Å². The number of halogens is 1. The zero-order valence-corrected chi connectivity index (χ0v) is 18.4. The quantitative estimate of drug-likeness (QED) is 0.713. The van der Waals surface area contributed by atoms with E-state index in [-0.39, 0.29) is 31.0 Å². The van der Waals surface area contributed by atoms with Crippen molar-refractivity contribution in [1.29, 1.82) is 0 Å². The van der Waals surface area contributed by atoms with E-state index in [0.717, 1.165) is 18.4 Å². The third kappa shape index (κ3) is 5.16. The molecule has 0 unspecified atom stereocenters. The highest BCUT2D eigenvalue weighted by Gasteiger charge is 2.24. The fourth-order valence-electron chi connectivity index (χ4n) is 3.52. The number of carbonyl (C=O) groups is 1. The van der Waals surface area contributed by atoms with E-state index in [4.69, 9.17) is 24.7 Å². The molecule has 0 bridgehead atoms. The first kappa shape index (κ1) is 23.8. The van der Waals surface area contributed by atoms with E-state index in [0.29, 0.717) is 41.7 Å². The zero-order valence-electron chi connectivity index (χ0n) is 17.6. The van der Waals surface area contributed by atoms with Gasteiger partial charge in [-0.1, -0.05) is 6.07 Å². The number of nitrogens with two attached hydrogens (primary N) is 1. The van der Waals surface area contributed by atoms with Gasteiger partial charge in [0.25, 0.3) is 5.91 Å². The van der Waals surface area contributed by atoms with Gasteiger partial charge in [0, 0.05) is 32.3 Å². The van der Waals surface area contributed by atoms with Gasteiger partial charge in [0.1, 0.15) is 11.5 Å². The predicted octanol–water partition coefficient (Wildman–Crippen LogP) is 3.63. The largest absolute Gasteiger partial charge is 0.496 e. The first-order chi connectivity index (χ1) is 14.1. The Morgan fingerprint density at radius 3 is 2.27 bits per heavy atom. The molecule has 3 rings (SSSR count). The van der Waals surface area contributed by atoms with Crippen LogP contribution in [-0.4, -0.2) is 51.3 Å². The number of likely N-dealkylation sites (tertiary alicyclic amines) is 1. The highest BCUT2D eigenvalue weighted by atomic mass is 35.5. The Balaban J connectivity index is 0.00000320. The van der Waals surface area contributed by atoms with Gasteiger partial charge in [-0.2, -0.15) is 0 Å². The average molecular weight is 437 g/mol. The summed E-state index contributed by atoms with van der Waals surface area (Å²) in [5, 5.41) is 0. The van der Waals surface area contributed by atoms with Crippen LogP contribution in [-0.2, 0) is 11.3 Å². The van der Waals surface area contributed by atoms with Gasteiger partial charge in [-0.05, 0) is 43.2 Å². The summed E-state index contributed by atoms with van der Waals surface area (Å²) >= 11 is 0. The first-order valence-electron chi connectivity index (χ1n) is 9.65. The van der Waals surface area contributed by atoms with Crippen molar-refractivity contribution in [3.63, 3.8) is 0 Å². The number of ether oxygens (including phenoxy) is 4. The first-order valence-corrected chi connectivity index (χ1v) is 9.65. The molecule has 8 heteroatoms. The second kappa shape index (κ2) is 11.1. The lowest BCUT2D eigenvalue weighted by Gasteiger charge is -2.31. The lowest BCUT2D eigenvalue weighted by molar-refractivity contribution is 0.0350. The molecule has 1 heterocycles. The van der Waals surface area contributed by atoms with Crippen LogP contribution in [0.1, 0.15) is 28.8 Å². The van der Waals surface area contributed by atoms with Crippen LogP contribution in [0, 0.1) is 0 Å². The van der Waals surface area contributed by atoms with Crippen molar-refractivity contribution in [2.24, 2.45) is 5.73 Å². The molecule has 2 aromatic carbocycles. The summed E-state index contributed by atoms with van der Waals surface area (Å²) in [7, 11) is 4.86. The SMILES string of the molecule is COc1ccc(C(=O)N2CCC(OC)CC2)cc1Oc1cccc(OC)c1CN.Cl. The minimum Gasteiger partial charge on any atom is -0.496 e. The van der Waals surface area contributed by atoms with Gasteiger partial charge in [-0.25, -0.2) is 0 Å². The van der Waals surface area contributed by atoms with Crippen molar-refractivity contribution in [1.82, 2.24) is 4.90 Å². The van der Waals surface area contributed by atoms with Crippen LogP contribution in [0.2, 0.25) is 0 Å². The molecule has 0 atom stereocenters. The Labute approximate surface area is 183 Å². The van der Waals surface area contributed by atoms with E-state index in [1.807, 2.05) is 23.1 Å². The standard InChI is InChI=1S/C22H28N2O5.ClH/c1-26-16-9-11-24(12-10-16)22(25)15-7-8-20(28-3)21(13-15)29-19-6-4-5-18(27-2)17(19)14-23;/h4-8,13,16H,9-12,14,23H2,1-3H3;1H. The molecule has 1 aliphatic heterocycles. The summed E-state index contributed by atoms with van der Waals surface area (Å²) in [4.78, 5) is 14.8. The van der Waals surface area contributed by atoms with Crippen molar-refractivity contribution >= 4 is 18.3 Å². The van der Waals surface area contributed by atoms with E-state index < -0.39 is 0 Å². The summed E-state index contributed by atoms with van der Waals surface area (Å²) in [6.07, 6.45) is 1.90. The molecule has 0 aliphatic carbocycles. The van der Waals surface area contributed by atoms with Crippen LogP contribution in [0.15, 0.2) is 36.4 Å². The molecular weight excluding hydrogens is 408 g/mol. The van der Waals surface area contributed by atoms with Crippen LogP contribution in [0.3, 0.4) is 0 Å². The van der Waals surface area contributed by atoms with Crippen molar-refractivity contribution < 1.29 is 23.7 Å². The Morgan fingerprint density at radius 1 is 1.00 bits per heavy atom. The van der Waals surface area contributed by atoms with Crippen LogP contribution in [0.5, 0.6) is 23.0 Å². The number of rotatable bonds is 7. The van der Waals surface area contributed by atoms with E-state index in [2.05, 4.69) is 0 Å². The van der Waals surface area contributed by atoms with Crippen LogP contribution in [0.25, 0.3) is 0 Å². The monoisotopic (exact) mass is 436 g/mol. The lowest BCUT2D eigenvalue weighted by Crippen LogP contribution is -2.40. The highest BCUT2D eigenvalue weighted by Crippen LogP contribution is 2.37. The summed E-state index contributed by atoms with van der Waals surface area (Å²) in [6.45, 7) is 1.61. The minimum atomic E-state index is -0.0308. The summed E-state index contributed by atoms with van der Waals surface area (Å²) in [5.74, 6) is 2.17. The van der Waals surface area contributed by atoms with Crippen molar-refractivity contribution in [2.45, 2.75) is 25.5 Å². The smallest absolute Gasteiger partial charge is 0.253 e. The number of methoxy groups -OCH3 is 3. The average Bonchev–Trinajstić information content (AvgIpc) is 2.78. The summed E-state index contributed by atoms with van der Waals surface area (Å²) < 4.78 is 22.3. The van der Waals surface area contributed by atoms with Gasteiger partial charge in [0.15, 0.2) is 11.5 Å². The van der Waals surface area contributed by atoms with Gasteiger partial charge in [0.2, 0.25) is 0 Å². The summed E-state index contributed by atoms with van der Waals surface area (Å²) in [6, 6.07) is 10.7. The Bertz CT molecular complexity index is 853. The predicted molar refractivity (Wildman–Crippen MR) is 117 cm³/mol. The van der Waals surface area contributed by atoms with Gasteiger partial charge < -0.3 is 29.6 Å². The maximum absolute atomic E-state index is 13.0. The van der Waals surface area contributed by atoms with Crippen LogP contribution in [0.4, 0.5) is 0 Å². The Hall–Kier alpha value is -2.48. The molecule has 1 fully saturated rings. The molecule has 0 aromatic heterocycles. The van der Waals surface area contributed by atoms with Crippen LogP contribution < -0.4 is 19.9 Å².